The van der Waals surface area contributed by atoms with E-state index >= 15 is 0 Å². The third-order valence-electron chi connectivity index (χ3n) is 5.32. The van der Waals surface area contributed by atoms with Crippen molar-refractivity contribution in [2.45, 2.75) is 44.3 Å². The molecule has 1 aliphatic carbocycles. The van der Waals surface area contributed by atoms with Crippen LogP contribution in [0.2, 0.25) is 0 Å². The second-order valence-corrected chi connectivity index (χ2v) is 7.07. The van der Waals surface area contributed by atoms with E-state index in [9.17, 15) is 0 Å². The molecule has 2 aliphatic rings. The Morgan fingerprint density at radius 2 is 2.04 bits per heavy atom. The van der Waals surface area contributed by atoms with Crippen molar-refractivity contribution in [1.82, 2.24) is 30.0 Å². The Labute approximate surface area is 143 Å². The van der Waals surface area contributed by atoms with Crippen LogP contribution in [0.5, 0.6) is 0 Å². The topological polar surface area (TPSA) is 58.9 Å². The van der Waals surface area contributed by atoms with Gasteiger partial charge in [0, 0.05) is 50.3 Å². The van der Waals surface area contributed by atoms with Crippen molar-refractivity contribution in [3.63, 3.8) is 0 Å². The van der Waals surface area contributed by atoms with Gasteiger partial charge in [-0.25, -0.2) is 9.97 Å². The summed E-state index contributed by atoms with van der Waals surface area (Å²) in [6.45, 7) is 3.08. The van der Waals surface area contributed by atoms with Crippen molar-refractivity contribution in [1.29, 1.82) is 0 Å². The van der Waals surface area contributed by atoms with Gasteiger partial charge in [0.1, 0.15) is 6.33 Å². The van der Waals surface area contributed by atoms with E-state index in [0.29, 0.717) is 12.0 Å². The number of aryl methyl sites for hydroxylation is 1. The maximum atomic E-state index is 4.42. The van der Waals surface area contributed by atoms with Crippen molar-refractivity contribution in [3.8, 4) is 0 Å². The van der Waals surface area contributed by atoms with E-state index in [1.54, 1.807) is 6.33 Å². The predicted molar refractivity (Wildman–Crippen MR) is 92.1 cm³/mol. The molecule has 1 aliphatic heterocycles. The molecule has 2 aromatic rings. The Morgan fingerprint density at radius 3 is 2.75 bits per heavy atom. The molecule has 0 bridgehead atoms. The van der Waals surface area contributed by atoms with Gasteiger partial charge in [0.25, 0.3) is 0 Å². The number of nitrogens with one attached hydrogen (secondary N) is 1. The first-order valence-corrected chi connectivity index (χ1v) is 9.01. The second-order valence-electron chi connectivity index (χ2n) is 7.07. The molecule has 0 amide bonds. The first-order chi connectivity index (χ1) is 11.8. The summed E-state index contributed by atoms with van der Waals surface area (Å²) in [6.07, 6.45) is 12.6. The van der Waals surface area contributed by atoms with Gasteiger partial charge < -0.3 is 5.32 Å². The lowest BCUT2D eigenvalue weighted by Crippen LogP contribution is -2.44. The molecule has 3 heterocycles. The lowest BCUT2D eigenvalue weighted by atomic mass is 9.86. The Kier molecular flexibility index (Phi) is 4.58. The van der Waals surface area contributed by atoms with Gasteiger partial charge >= 0.3 is 0 Å². The molecule has 128 valence electrons. The largest absolute Gasteiger partial charge is 0.312 e. The Hall–Kier alpha value is -1.79. The summed E-state index contributed by atoms with van der Waals surface area (Å²) in [4.78, 5) is 10.9. The summed E-state index contributed by atoms with van der Waals surface area (Å²) in [5.41, 5.74) is 2.50. The van der Waals surface area contributed by atoms with Crippen LogP contribution in [-0.4, -0.2) is 43.8 Å². The zero-order valence-corrected chi connectivity index (χ0v) is 14.3. The molecule has 2 atom stereocenters. The maximum Gasteiger partial charge on any atom is 0.115 e. The fraction of sp³-hybridized carbons (Fsp3) is 0.611. The first kappa shape index (κ1) is 15.7. The summed E-state index contributed by atoms with van der Waals surface area (Å²) in [5.74, 6) is 0.624. The molecule has 0 unspecified atom stereocenters. The molecular formula is C18H26N6. The number of hydrogen-bond donors (Lipinski definition) is 1. The molecule has 1 saturated carbocycles. The monoisotopic (exact) mass is 326 g/mol. The van der Waals surface area contributed by atoms with Crippen molar-refractivity contribution < 1.29 is 0 Å². The SMILES string of the molecule is Cn1nccc1[C@H]1[C@H](CNCc2cncnc2)CCCN1C1CC1. The quantitative estimate of drug-likeness (QED) is 0.879. The van der Waals surface area contributed by atoms with Gasteiger partial charge in [-0.2, -0.15) is 5.10 Å². The minimum absolute atomic E-state index is 0.485. The maximum absolute atomic E-state index is 4.42. The average Bonchev–Trinajstić information content (AvgIpc) is 3.37. The van der Waals surface area contributed by atoms with Crippen LogP contribution in [0, 0.1) is 5.92 Å². The number of likely N-dealkylation sites (tertiary alicyclic amines) is 1. The lowest BCUT2D eigenvalue weighted by molar-refractivity contribution is 0.0777. The third kappa shape index (κ3) is 3.35. The third-order valence-corrected chi connectivity index (χ3v) is 5.32. The van der Waals surface area contributed by atoms with Crippen LogP contribution in [-0.2, 0) is 13.6 Å². The second kappa shape index (κ2) is 6.99. The van der Waals surface area contributed by atoms with Crippen molar-refractivity contribution in [2.75, 3.05) is 13.1 Å². The number of piperidine rings is 1. The van der Waals surface area contributed by atoms with Crippen molar-refractivity contribution in [2.24, 2.45) is 13.0 Å². The van der Waals surface area contributed by atoms with E-state index in [0.717, 1.165) is 24.7 Å². The highest BCUT2D eigenvalue weighted by molar-refractivity contribution is 5.12. The number of aromatic nitrogens is 4. The molecule has 0 radical (unpaired) electrons. The Balaban J connectivity index is 1.46. The highest BCUT2D eigenvalue weighted by atomic mass is 15.3. The average molecular weight is 326 g/mol. The molecule has 1 N–H and O–H groups in total. The van der Waals surface area contributed by atoms with Crippen LogP contribution in [0.1, 0.15) is 43.0 Å². The molecule has 6 nitrogen and oxygen atoms in total. The van der Waals surface area contributed by atoms with Crippen LogP contribution in [0.15, 0.2) is 31.0 Å². The zero-order valence-electron chi connectivity index (χ0n) is 14.3. The molecule has 2 aromatic heterocycles. The van der Waals surface area contributed by atoms with Crippen molar-refractivity contribution >= 4 is 0 Å². The molecule has 0 spiro atoms. The molecule has 0 aromatic carbocycles. The summed E-state index contributed by atoms with van der Waals surface area (Å²) in [7, 11) is 2.07. The molecule has 2 fully saturated rings. The summed E-state index contributed by atoms with van der Waals surface area (Å²) in [6, 6.07) is 3.47. The summed E-state index contributed by atoms with van der Waals surface area (Å²) >= 11 is 0. The van der Waals surface area contributed by atoms with E-state index in [4.69, 9.17) is 0 Å². The minimum Gasteiger partial charge on any atom is -0.312 e. The van der Waals surface area contributed by atoms with Gasteiger partial charge in [0.2, 0.25) is 0 Å². The van der Waals surface area contributed by atoms with E-state index in [1.807, 2.05) is 18.6 Å². The lowest BCUT2D eigenvalue weighted by Gasteiger charge is -2.42. The van der Waals surface area contributed by atoms with Gasteiger partial charge in [0.15, 0.2) is 0 Å². The normalized spacial score (nSPS) is 25.0. The van der Waals surface area contributed by atoms with Gasteiger partial charge in [-0.1, -0.05) is 0 Å². The van der Waals surface area contributed by atoms with E-state index in [1.165, 1.54) is 37.9 Å². The van der Waals surface area contributed by atoms with Crippen LogP contribution < -0.4 is 5.32 Å². The van der Waals surface area contributed by atoms with Crippen LogP contribution in [0.3, 0.4) is 0 Å². The van der Waals surface area contributed by atoms with E-state index < -0.39 is 0 Å². The standard InChI is InChI=1S/C18H26N6/c1-23-17(6-7-22-23)18-15(3-2-8-24(18)16-4-5-16)12-19-9-14-10-20-13-21-11-14/h6-7,10-11,13,15-16,18-19H,2-5,8-9,12H2,1H3/t15-,18+/m0/s1. The fourth-order valence-electron chi connectivity index (χ4n) is 4.04. The molecule has 24 heavy (non-hydrogen) atoms. The number of rotatable bonds is 6. The Morgan fingerprint density at radius 1 is 1.21 bits per heavy atom. The van der Waals surface area contributed by atoms with Crippen LogP contribution >= 0.6 is 0 Å². The van der Waals surface area contributed by atoms with Gasteiger partial charge in [-0.15, -0.1) is 0 Å². The van der Waals surface area contributed by atoms with Crippen LogP contribution in [0.25, 0.3) is 0 Å². The number of nitrogens with zero attached hydrogens (tertiary/aromatic N) is 5. The summed E-state index contributed by atoms with van der Waals surface area (Å²) in [5, 5.41) is 8.05. The number of hydrogen-bond acceptors (Lipinski definition) is 5. The first-order valence-electron chi connectivity index (χ1n) is 9.01. The van der Waals surface area contributed by atoms with Gasteiger partial charge in [-0.3, -0.25) is 9.58 Å². The molecular weight excluding hydrogens is 300 g/mol. The van der Waals surface area contributed by atoms with Gasteiger partial charge in [-0.05, 0) is 44.2 Å². The smallest absolute Gasteiger partial charge is 0.115 e. The van der Waals surface area contributed by atoms with E-state index in [2.05, 4.69) is 43.1 Å². The fourth-order valence-corrected chi connectivity index (χ4v) is 4.04. The Bertz CT molecular complexity index is 651. The highest BCUT2D eigenvalue weighted by Gasteiger charge is 2.41. The predicted octanol–water partition coefficient (Wildman–Crippen LogP) is 1.92. The minimum atomic E-state index is 0.485. The zero-order chi connectivity index (χ0) is 16.4. The summed E-state index contributed by atoms with van der Waals surface area (Å²) < 4.78 is 2.06. The van der Waals surface area contributed by atoms with Gasteiger partial charge in [0.05, 0.1) is 11.7 Å². The molecule has 1 saturated heterocycles. The molecule has 4 rings (SSSR count). The van der Waals surface area contributed by atoms with E-state index in [-0.39, 0.29) is 0 Å². The van der Waals surface area contributed by atoms with Crippen LogP contribution in [0.4, 0.5) is 0 Å². The van der Waals surface area contributed by atoms with Crippen molar-refractivity contribution in [3.05, 3.63) is 42.2 Å². The highest BCUT2D eigenvalue weighted by Crippen LogP contribution is 2.42. The molecule has 6 heteroatoms.